The molecule has 0 unspecified atom stereocenters. The Balaban J connectivity index is 1.64. The van der Waals surface area contributed by atoms with E-state index in [-0.39, 0.29) is 16.7 Å². The fourth-order valence-electron chi connectivity index (χ4n) is 5.19. The quantitative estimate of drug-likeness (QED) is 0.832. The first kappa shape index (κ1) is 16.1. The van der Waals surface area contributed by atoms with E-state index in [4.69, 9.17) is 0 Å². The number of aromatic nitrogens is 2. The van der Waals surface area contributed by atoms with Gasteiger partial charge in [0.15, 0.2) is 0 Å². The second-order valence-corrected chi connectivity index (χ2v) is 9.30. The Morgan fingerprint density at radius 2 is 2.08 bits per heavy atom. The van der Waals surface area contributed by atoms with Crippen LogP contribution in [0, 0.1) is 5.41 Å². The van der Waals surface area contributed by atoms with E-state index in [0.29, 0.717) is 23.8 Å². The van der Waals surface area contributed by atoms with Crippen molar-refractivity contribution in [3.05, 3.63) is 17.5 Å². The van der Waals surface area contributed by atoms with Crippen LogP contribution in [0.25, 0.3) is 0 Å². The summed E-state index contributed by atoms with van der Waals surface area (Å²) in [5.74, 6) is 0.104. The van der Waals surface area contributed by atoms with Gasteiger partial charge in [-0.1, -0.05) is 40.5 Å². The minimum Gasteiger partial charge on any atom is -0.332 e. The molecule has 3 heterocycles. The zero-order chi connectivity index (χ0) is 17.1. The zero-order valence-electron chi connectivity index (χ0n) is 15.4. The lowest BCUT2D eigenvalue weighted by molar-refractivity contribution is 0.0279. The molecule has 132 valence electrons. The smallest absolute Gasteiger partial charge is 0.274 e. The minimum atomic E-state index is -0.0204. The molecule has 5 heteroatoms. The van der Waals surface area contributed by atoms with Crippen LogP contribution in [-0.2, 0) is 5.41 Å². The number of piperidine rings is 1. The average Bonchev–Trinajstić information content (AvgIpc) is 3.06. The summed E-state index contributed by atoms with van der Waals surface area (Å²) >= 11 is 0. The van der Waals surface area contributed by atoms with Gasteiger partial charge < -0.3 is 10.2 Å². The Morgan fingerprint density at radius 3 is 2.79 bits per heavy atom. The van der Waals surface area contributed by atoms with Gasteiger partial charge >= 0.3 is 0 Å². The van der Waals surface area contributed by atoms with Crippen LogP contribution in [0.5, 0.6) is 0 Å². The lowest BCUT2D eigenvalue weighted by Gasteiger charge is -2.46. The fourth-order valence-corrected chi connectivity index (χ4v) is 5.19. The molecule has 3 aliphatic rings. The molecule has 1 aromatic heterocycles. The van der Waals surface area contributed by atoms with Gasteiger partial charge in [-0.2, -0.15) is 5.10 Å². The van der Waals surface area contributed by atoms with Crippen LogP contribution >= 0.6 is 0 Å². The third-order valence-corrected chi connectivity index (χ3v) is 6.56. The molecule has 2 aliphatic heterocycles. The summed E-state index contributed by atoms with van der Waals surface area (Å²) in [6, 6.07) is 3.30. The van der Waals surface area contributed by atoms with E-state index in [2.05, 4.69) is 48.1 Å². The number of nitrogens with one attached hydrogen (secondary N) is 2. The molecule has 2 N–H and O–H groups in total. The SMILES string of the molecule is CC(C)(C)c1cc(C(=O)N2C[C@@H]3C[C@@]4(C)[C@H](CCCC[C@@H]24)N3)n[nH]1. The van der Waals surface area contributed by atoms with E-state index < -0.39 is 0 Å². The summed E-state index contributed by atoms with van der Waals surface area (Å²) in [6.07, 6.45) is 6.08. The summed E-state index contributed by atoms with van der Waals surface area (Å²) in [7, 11) is 0. The molecule has 4 atom stereocenters. The summed E-state index contributed by atoms with van der Waals surface area (Å²) in [4.78, 5) is 15.4. The summed E-state index contributed by atoms with van der Waals surface area (Å²) < 4.78 is 0. The van der Waals surface area contributed by atoms with E-state index in [9.17, 15) is 4.79 Å². The lowest BCUT2D eigenvalue weighted by Crippen LogP contribution is -2.55. The number of carbonyl (C=O) groups excluding carboxylic acids is 1. The molecule has 0 aromatic carbocycles. The highest BCUT2D eigenvalue weighted by Gasteiger charge is 2.56. The molecule has 2 saturated heterocycles. The van der Waals surface area contributed by atoms with Crippen LogP contribution in [0.15, 0.2) is 6.07 Å². The number of nitrogens with zero attached hydrogens (tertiary/aromatic N) is 2. The van der Waals surface area contributed by atoms with Crippen molar-refractivity contribution in [3.8, 4) is 0 Å². The largest absolute Gasteiger partial charge is 0.332 e. The van der Waals surface area contributed by atoms with Gasteiger partial charge in [-0.05, 0) is 25.3 Å². The van der Waals surface area contributed by atoms with Gasteiger partial charge in [0.2, 0.25) is 0 Å². The van der Waals surface area contributed by atoms with Crippen molar-refractivity contribution in [3.63, 3.8) is 0 Å². The number of fused-ring (bicyclic) bond motifs is 1. The van der Waals surface area contributed by atoms with Crippen molar-refractivity contribution in [2.45, 2.75) is 83.3 Å². The predicted octanol–water partition coefficient (Wildman–Crippen LogP) is 2.84. The third-order valence-electron chi connectivity index (χ3n) is 6.56. The number of amides is 1. The van der Waals surface area contributed by atoms with E-state index in [1.165, 1.54) is 25.7 Å². The standard InChI is InChI=1S/C19H30N4O/c1-18(2,3)15-9-13(21-22-15)17(24)23-11-12-10-19(4)14(20-12)7-5-6-8-16(19)23/h9,12,14,16,20H,5-8,10-11H2,1-4H3,(H,21,22)/t12-,14-,16+,19-/m0/s1. The monoisotopic (exact) mass is 330 g/mol. The minimum absolute atomic E-state index is 0.0204. The molecule has 5 nitrogen and oxygen atoms in total. The van der Waals surface area contributed by atoms with E-state index >= 15 is 0 Å². The first-order valence-corrected chi connectivity index (χ1v) is 9.42. The Kier molecular flexibility index (Phi) is 3.57. The lowest BCUT2D eigenvalue weighted by atomic mass is 9.71. The van der Waals surface area contributed by atoms with Crippen molar-refractivity contribution < 1.29 is 4.79 Å². The number of H-pyrrole nitrogens is 1. The Morgan fingerprint density at radius 1 is 1.33 bits per heavy atom. The number of rotatable bonds is 1. The normalized spacial score (nSPS) is 35.8. The van der Waals surface area contributed by atoms with Gasteiger partial charge in [-0.15, -0.1) is 0 Å². The van der Waals surface area contributed by atoms with Crippen LogP contribution in [0.2, 0.25) is 0 Å². The van der Waals surface area contributed by atoms with Crippen molar-refractivity contribution in [2.75, 3.05) is 6.54 Å². The highest BCUT2D eigenvalue weighted by atomic mass is 16.2. The molecule has 0 radical (unpaired) electrons. The Bertz CT molecular complexity index is 646. The summed E-state index contributed by atoms with van der Waals surface area (Å²) in [5.41, 5.74) is 1.80. The zero-order valence-corrected chi connectivity index (χ0v) is 15.4. The maximum Gasteiger partial charge on any atom is 0.274 e. The third kappa shape index (κ3) is 2.40. The van der Waals surface area contributed by atoms with Gasteiger partial charge in [-0.25, -0.2) is 0 Å². The van der Waals surface area contributed by atoms with Gasteiger partial charge in [-0.3, -0.25) is 9.89 Å². The molecule has 1 aliphatic carbocycles. The topological polar surface area (TPSA) is 61.0 Å². The van der Waals surface area contributed by atoms with Crippen molar-refractivity contribution in [1.29, 1.82) is 0 Å². The molecule has 1 saturated carbocycles. The van der Waals surface area contributed by atoms with Gasteiger partial charge in [0.1, 0.15) is 5.69 Å². The highest BCUT2D eigenvalue weighted by molar-refractivity contribution is 5.93. The number of hydrogen-bond donors (Lipinski definition) is 2. The van der Waals surface area contributed by atoms with E-state index in [1.54, 1.807) is 0 Å². The van der Waals surface area contributed by atoms with Crippen LogP contribution < -0.4 is 5.32 Å². The van der Waals surface area contributed by atoms with Gasteiger partial charge in [0.05, 0.1) is 0 Å². The summed E-state index contributed by atoms with van der Waals surface area (Å²) in [5, 5.41) is 11.2. The second kappa shape index (κ2) is 5.32. The molecule has 2 bridgehead atoms. The predicted molar refractivity (Wildman–Crippen MR) is 94.0 cm³/mol. The molecule has 1 aromatic rings. The molecule has 24 heavy (non-hydrogen) atoms. The average molecular weight is 330 g/mol. The molecule has 3 fully saturated rings. The fraction of sp³-hybridized carbons (Fsp3) is 0.789. The maximum atomic E-state index is 13.2. The molecular formula is C19H30N4O. The van der Waals surface area contributed by atoms with Crippen LogP contribution in [-0.4, -0.2) is 45.7 Å². The highest BCUT2D eigenvalue weighted by Crippen LogP contribution is 2.49. The first-order chi connectivity index (χ1) is 11.3. The van der Waals surface area contributed by atoms with Crippen LogP contribution in [0.4, 0.5) is 0 Å². The van der Waals surface area contributed by atoms with Gasteiger partial charge in [0, 0.05) is 41.2 Å². The number of likely N-dealkylation sites (tertiary alicyclic amines) is 1. The van der Waals surface area contributed by atoms with E-state index in [0.717, 1.165) is 18.7 Å². The maximum absolute atomic E-state index is 13.2. The van der Waals surface area contributed by atoms with Crippen molar-refractivity contribution in [1.82, 2.24) is 20.4 Å². The number of carbonyl (C=O) groups is 1. The molecule has 4 rings (SSSR count). The number of hydrogen-bond acceptors (Lipinski definition) is 3. The van der Waals surface area contributed by atoms with Crippen molar-refractivity contribution >= 4 is 5.91 Å². The molecule has 1 amide bonds. The van der Waals surface area contributed by atoms with E-state index in [1.807, 2.05) is 6.07 Å². The Hall–Kier alpha value is -1.36. The molecule has 0 spiro atoms. The second-order valence-electron chi connectivity index (χ2n) is 9.30. The summed E-state index contributed by atoms with van der Waals surface area (Å²) in [6.45, 7) is 9.63. The molecular weight excluding hydrogens is 300 g/mol. The van der Waals surface area contributed by atoms with Crippen LogP contribution in [0.1, 0.15) is 76.0 Å². The Labute approximate surface area is 144 Å². The first-order valence-electron chi connectivity index (χ1n) is 9.42. The number of aromatic amines is 1. The van der Waals surface area contributed by atoms with Crippen molar-refractivity contribution in [2.24, 2.45) is 5.41 Å². The van der Waals surface area contributed by atoms with Crippen LogP contribution in [0.3, 0.4) is 0 Å². The van der Waals surface area contributed by atoms with Gasteiger partial charge in [0.25, 0.3) is 5.91 Å².